The molecule has 0 saturated heterocycles. The molecule has 1 aromatic heterocycles. The molecule has 2 heterocycles. The predicted octanol–water partition coefficient (Wildman–Crippen LogP) is 2.72. The number of thioether (sulfide) groups is 1. The van der Waals surface area contributed by atoms with E-state index in [4.69, 9.17) is 0 Å². The molecule has 2 aromatic rings. The van der Waals surface area contributed by atoms with Gasteiger partial charge in [0.1, 0.15) is 4.90 Å². The zero-order valence-electron chi connectivity index (χ0n) is 12.1. The van der Waals surface area contributed by atoms with E-state index < -0.39 is 10.0 Å². The highest BCUT2D eigenvalue weighted by atomic mass is 32.2. The molecule has 7 heteroatoms. The fraction of sp³-hybridized carbons (Fsp3) is 0.357. The van der Waals surface area contributed by atoms with Crippen molar-refractivity contribution in [1.82, 2.24) is 10.2 Å². The van der Waals surface area contributed by atoms with Gasteiger partial charge in [-0.05, 0) is 32.9 Å². The zero-order valence-corrected chi connectivity index (χ0v) is 13.8. The van der Waals surface area contributed by atoms with Gasteiger partial charge in [0.2, 0.25) is 0 Å². The van der Waals surface area contributed by atoms with Crippen LogP contribution in [0.1, 0.15) is 18.3 Å². The van der Waals surface area contributed by atoms with E-state index in [-0.39, 0.29) is 10.9 Å². The number of aromatic amines is 1. The predicted molar refractivity (Wildman–Crippen MR) is 84.4 cm³/mol. The molecule has 3 rings (SSSR count). The molecular formula is C14H17N3O2S2. The molecule has 1 aliphatic heterocycles. The Morgan fingerprint density at radius 2 is 2.05 bits per heavy atom. The number of aromatic nitrogens is 2. The summed E-state index contributed by atoms with van der Waals surface area (Å²) in [5.74, 6) is 0.742. The third-order valence-electron chi connectivity index (χ3n) is 3.56. The maximum atomic E-state index is 13.1. The van der Waals surface area contributed by atoms with E-state index in [0.29, 0.717) is 11.4 Å². The Morgan fingerprint density at radius 3 is 2.71 bits per heavy atom. The van der Waals surface area contributed by atoms with Crippen molar-refractivity contribution < 1.29 is 8.42 Å². The summed E-state index contributed by atoms with van der Waals surface area (Å²) in [4.78, 5) is 1.29. The monoisotopic (exact) mass is 323 g/mol. The Balaban J connectivity index is 2.20. The molecule has 0 saturated carbocycles. The molecule has 1 N–H and O–H groups in total. The Kier molecular flexibility index (Phi) is 3.49. The second kappa shape index (κ2) is 5.06. The number of hydrogen-bond donors (Lipinski definition) is 1. The summed E-state index contributed by atoms with van der Waals surface area (Å²) in [6.07, 6.45) is 0. The van der Waals surface area contributed by atoms with Gasteiger partial charge in [-0.3, -0.25) is 9.40 Å². The van der Waals surface area contributed by atoms with Crippen molar-refractivity contribution in [2.75, 3.05) is 10.1 Å². The number of fused-ring (bicyclic) bond motifs is 1. The lowest BCUT2D eigenvalue weighted by Gasteiger charge is -2.35. The first kappa shape index (κ1) is 14.5. The number of H-pyrrole nitrogens is 1. The SMILES string of the molecule is Cc1n[nH]c(C)c1S(=O)(=O)N1c2ccccc2SCC1C. The molecule has 0 radical (unpaired) electrons. The Hall–Kier alpha value is -1.47. The third-order valence-corrected chi connectivity index (χ3v) is 7.06. The lowest BCUT2D eigenvalue weighted by molar-refractivity contribution is 0.582. The Labute approximate surface area is 128 Å². The summed E-state index contributed by atoms with van der Waals surface area (Å²) in [7, 11) is -3.62. The standard InChI is InChI=1S/C14H17N3O2S2/c1-9-8-20-13-7-5-4-6-12(13)17(9)21(18,19)14-10(2)15-16-11(14)3/h4-7,9H,8H2,1-3H3,(H,15,16). The maximum absolute atomic E-state index is 13.1. The molecule has 1 aromatic carbocycles. The second-order valence-corrected chi connectivity index (χ2v) is 8.01. The van der Waals surface area contributed by atoms with Gasteiger partial charge in [-0.1, -0.05) is 12.1 Å². The number of aryl methyl sites for hydroxylation is 2. The minimum atomic E-state index is -3.62. The van der Waals surface area contributed by atoms with Crippen LogP contribution in [0.3, 0.4) is 0 Å². The summed E-state index contributed by atoms with van der Waals surface area (Å²) < 4.78 is 27.8. The first-order valence-electron chi connectivity index (χ1n) is 6.70. The molecule has 0 spiro atoms. The van der Waals surface area contributed by atoms with Crippen LogP contribution >= 0.6 is 11.8 Å². The molecule has 0 fully saturated rings. The molecule has 21 heavy (non-hydrogen) atoms. The van der Waals surface area contributed by atoms with Gasteiger partial charge in [-0.2, -0.15) is 5.10 Å². The summed E-state index contributed by atoms with van der Waals surface area (Å²) in [5.41, 5.74) is 1.84. The topological polar surface area (TPSA) is 66.1 Å². The van der Waals surface area contributed by atoms with Crippen molar-refractivity contribution in [2.24, 2.45) is 0 Å². The minimum Gasteiger partial charge on any atom is -0.281 e. The quantitative estimate of drug-likeness (QED) is 0.923. The molecule has 0 aliphatic carbocycles. The summed E-state index contributed by atoms with van der Waals surface area (Å²) >= 11 is 1.69. The third kappa shape index (κ3) is 2.24. The van der Waals surface area contributed by atoms with E-state index in [1.807, 2.05) is 31.2 Å². The second-order valence-electron chi connectivity index (χ2n) is 5.19. The van der Waals surface area contributed by atoms with Gasteiger partial charge in [0, 0.05) is 10.6 Å². The van der Waals surface area contributed by atoms with Crippen molar-refractivity contribution >= 4 is 27.5 Å². The van der Waals surface area contributed by atoms with Crippen LogP contribution in [0.15, 0.2) is 34.1 Å². The number of hydrogen-bond acceptors (Lipinski definition) is 4. The van der Waals surface area contributed by atoms with Gasteiger partial charge in [0.25, 0.3) is 10.0 Å². The van der Waals surface area contributed by atoms with E-state index >= 15 is 0 Å². The fourth-order valence-electron chi connectivity index (χ4n) is 2.66. The van der Waals surface area contributed by atoms with Crippen molar-refractivity contribution in [3.8, 4) is 0 Å². The van der Waals surface area contributed by atoms with E-state index in [1.54, 1.807) is 25.6 Å². The molecule has 1 aliphatic rings. The number of benzene rings is 1. The van der Waals surface area contributed by atoms with Crippen LogP contribution in [0.4, 0.5) is 5.69 Å². The molecule has 5 nitrogen and oxygen atoms in total. The van der Waals surface area contributed by atoms with Gasteiger partial charge in [0.05, 0.1) is 23.1 Å². The van der Waals surface area contributed by atoms with Crippen LogP contribution in [0.5, 0.6) is 0 Å². The average molecular weight is 323 g/mol. The average Bonchev–Trinajstić information content (AvgIpc) is 2.78. The van der Waals surface area contributed by atoms with Crippen LogP contribution < -0.4 is 4.31 Å². The molecule has 0 bridgehead atoms. The summed E-state index contributed by atoms with van der Waals surface area (Å²) in [5, 5.41) is 6.78. The van der Waals surface area contributed by atoms with Crippen molar-refractivity contribution in [2.45, 2.75) is 36.6 Å². The Morgan fingerprint density at radius 1 is 1.33 bits per heavy atom. The lowest BCUT2D eigenvalue weighted by atomic mass is 10.3. The van der Waals surface area contributed by atoms with Crippen LogP contribution in [0, 0.1) is 13.8 Å². The van der Waals surface area contributed by atoms with E-state index in [1.165, 1.54) is 4.31 Å². The smallest absolute Gasteiger partial charge is 0.268 e. The zero-order chi connectivity index (χ0) is 15.2. The number of sulfonamides is 1. The molecule has 0 amide bonds. The number of rotatable bonds is 2. The highest BCUT2D eigenvalue weighted by molar-refractivity contribution is 8.00. The first-order chi connectivity index (χ1) is 9.93. The Bertz CT molecular complexity index is 764. The van der Waals surface area contributed by atoms with E-state index in [2.05, 4.69) is 10.2 Å². The van der Waals surface area contributed by atoms with Gasteiger partial charge >= 0.3 is 0 Å². The number of nitrogens with zero attached hydrogens (tertiary/aromatic N) is 2. The lowest BCUT2D eigenvalue weighted by Crippen LogP contribution is -2.42. The fourth-order valence-corrected chi connectivity index (χ4v) is 5.89. The molecular weight excluding hydrogens is 306 g/mol. The first-order valence-corrected chi connectivity index (χ1v) is 9.13. The van der Waals surface area contributed by atoms with Crippen LogP contribution in [-0.2, 0) is 10.0 Å². The van der Waals surface area contributed by atoms with Gasteiger partial charge in [-0.25, -0.2) is 8.42 Å². The van der Waals surface area contributed by atoms with Crippen LogP contribution in [0.2, 0.25) is 0 Å². The van der Waals surface area contributed by atoms with E-state index in [9.17, 15) is 8.42 Å². The van der Waals surface area contributed by atoms with Crippen molar-refractivity contribution in [3.63, 3.8) is 0 Å². The molecule has 1 atom stereocenters. The largest absolute Gasteiger partial charge is 0.281 e. The molecule has 1 unspecified atom stereocenters. The van der Waals surface area contributed by atoms with Crippen molar-refractivity contribution in [1.29, 1.82) is 0 Å². The molecule has 112 valence electrons. The van der Waals surface area contributed by atoms with Crippen LogP contribution in [-0.4, -0.2) is 30.4 Å². The summed E-state index contributed by atoms with van der Waals surface area (Å²) in [6.45, 7) is 5.39. The highest BCUT2D eigenvalue weighted by Crippen LogP contribution is 2.40. The number of para-hydroxylation sites is 1. The van der Waals surface area contributed by atoms with Gasteiger partial charge in [-0.15, -0.1) is 11.8 Å². The van der Waals surface area contributed by atoms with Crippen LogP contribution in [0.25, 0.3) is 0 Å². The normalized spacial score (nSPS) is 18.6. The van der Waals surface area contributed by atoms with Gasteiger partial charge < -0.3 is 0 Å². The van der Waals surface area contributed by atoms with E-state index in [0.717, 1.165) is 16.3 Å². The van der Waals surface area contributed by atoms with Crippen molar-refractivity contribution in [3.05, 3.63) is 35.7 Å². The maximum Gasteiger partial charge on any atom is 0.268 e. The highest BCUT2D eigenvalue weighted by Gasteiger charge is 2.36. The minimum absolute atomic E-state index is 0.0939. The number of anilines is 1. The number of nitrogens with one attached hydrogen (secondary N) is 1. The van der Waals surface area contributed by atoms with Gasteiger partial charge in [0.15, 0.2) is 0 Å². The summed E-state index contributed by atoms with van der Waals surface area (Å²) in [6, 6.07) is 7.53.